The van der Waals surface area contributed by atoms with E-state index in [2.05, 4.69) is 59.4 Å². The molecule has 2 aliphatic rings. The molecule has 2 aliphatic heterocycles. The maximum atomic E-state index is 9.77. The number of fused-ring (bicyclic) bond motifs is 2. The van der Waals surface area contributed by atoms with Crippen LogP contribution in [0, 0.1) is 6.92 Å². The summed E-state index contributed by atoms with van der Waals surface area (Å²) in [7, 11) is 2.18. The fourth-order valence-corrected chi connectivity index (χ4v) is 4.20. The maximum Gasteiger partial charge on any atom is 0.335 e. The standard InChI is InChI=1S/C17H20N4S.C4H6O6/c1-12-11-13-16(21-9-7-20(2)8-10-21)18-14-5-3-4-6-15(14)19-17(13)22-12;5-1(3(7)8)2(6)4(9)10/h3-6,11,19H,7-10H2,1-2H3;1-2,5-6H,(H,7,8)(H,9,10)/t;1-,2-/m.1/s1. The summed E-state index contributed by atoms with van der Waals surface area (Å²) in [5, 5.41) is 37.3. The van der Waals surface area contributed by atoms with Gasteiger partial charge in [-0.05, 0) is 32.2 Å². The number of rotatable bonds is 3. The number of benzene rings is 1. The predicted octanol–water partition coefficient (Wildman–Crippen LogP) is 1.32. The molecule has 1 aromatic carbocycles. The van der Waals surface area contributed by atoms with Crippen LogP contribution in [0.1, 0.15) is 10.4 Å². The maximum absolute atomic E-state index is 9.77. The molecule has 0 bridgehead atoms. The first-order valence-electron chi connectivity index (χ1n) is 9.98. The van der Waals surface area contributed by atoms with Gasteiger partial charge < -0.3 is 35.5 Å². The number of aliphatic carboxylic acids is 2. The summed E-state index contributed by atoms with van der Waals surface area (Å²) >= 11 is 1.81. The van der Waals surface area contributed by atoms with Gasteiger partial charge in [-0.25, -0.2) is 14.6 Å². The van der Waals surface area contributed by atoms with Gasteiger partial charge in [-0.15, -0.1) is 11.3 Å². The number of aliphatic hydroxyl groups excluding tert-OH is 2. The molecule has 0 amide bonds. The topological polar surface area (TPSA) is 146 Å². The highest BCUT2D eigenvalue weighted by molar-refractivity contribution is 7.16. The van der Waals surface area contributed by atoms with Gasteiger partial charge in [-0.2, -0.15) is 0 Å². The van der Waals surface area contributed by atoms with Crippen LogP contribution in [-0.4, -0.2) is 93.4 Å². The van der Waals surface area contributed by atoms with E-state index in [0.29, 0.717) is 0 Å². The Morgan fingerprint density at radius 2 is 1.66 bits per heavy atom. The third-order valence-corrected chi connectivity index (χ3v) is 6.05. The first-order valence-corrected chi connectivity index (χ1v) is 10.8. The van der Waals surface area contributed by atoms with Crippen LogP contribution in [0.4, 0.5) is 16.4 Å². The third kappa shape index (κ3) is 5.43. The Bertz CT molecular complexity index is 997. The van der Waals surface area contributed by atoms with Crippen molar-refractivity contribution >= 4 is 45.5 Å². The molecule has 1 saturated heterocycles. The van der Waals surface area contributed by atoms with Gasteiger partial charge in [0.05, 0.1) is 16.9 Å². The minimum atomic E-state index is -2.27. The average Bonchev–Trinajstić information content (AvgIpc) is 3.05. The molecule has 10 nitrogen and oxygen atoms in total. The molecule has 0 unspecified atom stereocenters. The number of carbonyl (C=O) groups is 2. The molecule has 0 spiro atoms. The van der Waals surface area contributed by atoms with Gasteiger partial charge in [-0.3, -0.25) is 0 Å². The first kappa shape index (κ1) is 23.7. The zero-order chi connectivity index (χ0) is 23.4. The molecular weight excluding hydrogens is 436 g/mol. The molecule has 32 heavy (non-hydrogen) atoms. The molecule has 4 rings (SSSR count). The number of aryl methyl sites for hydroxylation is 1. The largest absolute Gasteiger partial charge is 0.479 e. The second kappa shape index (κ2) is 10.1. The molecule has 0 saturated carbocycles. The molecule has 1 aromatic heterocycles. The summed E-state index contributed by atoms with van der Waals surface area (Å²) in [6.45, 7) is 6.41. The number of piperazine rings is 1. The van der Waals surface area contributed by atoms with Crippen molar-refractivity contribution < 1.29 is 30.0 Å². The molecular formula is C21H26N4O6S. The Hall–Kier alpha value is -2.99. The summed E-state index contributed by atoms with van der Waals surface area (Å²) in [5.74, 6) is -2.42. The number of nitrogens with zero attached hydrogens (tertiary/aromatic N) is 3. The number of hydrogen-bond acceptors (Lipinski definition) is 9. The van der Waals surface area contributed by atoms with E-state index in [9.17, 15) is 9.59 Å². The van der Waals surface area contributed by atoms with Crippen molar-refractivity contribution in [1.29, 1.82) is 0 Å². The highest BCUT2D eigenvalue weighted by atomic mass is 32.1. The monoisotopic (exact) mass is 462 g/mol. The normalized spacial score (nSPS) is 17.4. The first-order chi connectivity index (χ1) is 15.2. The number of amidine groups is 1. The number of aliphatic hydroxyl groups is 2. The highest BCUT2D eigenvalue weighted by Gasteiger charge is 2.29. The number of carboxylic acids is 2. The highest BCUT2D eigenvalue weighted by Crippen LogP contribution is 2.39. The number of anilines is 2. The summed E-state index contributed by atoms with van der Waals surface area (Å²) < 4.78 is 0. The fourth-order valence-electron chi connectivity index (χ4n) is 3.28. The van der Waals surface area contributed by atoms with Crippen LogP contribution in [0.2, 0.25) is 0 Å². The van der Waals surface area contributed by atoms with Crippen LogP contribution in [-0.2, 0) is 9.59 Å². The van der Waals surface area contributed by atoms with Crippen molar-refractivity contribution in [3.8, 4) is 0 Å². The summed E-state index contributed by atoms with van der Waals surface area (Å²) in [5.41, 5.74) is 3.36. The number of nitrogens with one attached hydrogen (secondary N) is 1. The van der Waals surface area contributed by atoms with Crippen LogP contribution in [0.15, 0.2) is 35.3 Å². The van der Waals surface area contributed by atoms with Gasteiger partial charge >= 0.3 is 11.9 Å². The predicted molar refractivity (Wildman–Crippen MR) is 121 cm³/mol. The van der Waals surface area contributed by atoms with E-state index in [0.717, 1.165) is 43.4 Å². The second-order valence-corrected chi connectivity index (χ2v) is 8.79. The Labute approximate surface area is 189 Å². The number of carboxylic acid groups (broad SMARTS) is 2. The van der Waals surface area contributed by atoms with Crippen molar-refractivity contribution in [3.63, 3.8) is 0 Å². The second-order valence-electron chi connectivity index (χ2n) is 7.53. The molecule has 172 valence electrons. The van der Waals surface area contributed by atoms with Gasteiger partial charge in [-0.1, -0.05) is 12.1 Å². The number of para-hydroxylation sites is 2. The lowest BCUT2D eigenvalue weighted by Gasteiger charge is -2.34. The van der Waals surface area contributed by atoms with Crippen LogP contribution >= 0.6 is 11.3 Å². The Kier molecular flexibility index (Phi) is 7.46. The van der Waals surface area contributed by atoms with Crippen molar-refractivity contribution in [1.82, 2.24) is 9.80 Å². The SMILES string of the molecule is Cc1cc2c(s1)Nc1ccccc1N=C2N1CCN(C)CC1.O=C(O)[C@H](O)[C@@H](O)C(=O)O. The number of thiophene rings is 1. The third-order valence-electron chi connectivity index (χ3n) is 5.08. The number of aliphatic imine (C=N–C) groups is 1. The minimum absolute atomic E-state index is 1.03. The van der Waals surface area contributed by atoms with Gasteiger partial charge in [0.25, 0.3) is 0 Å². The van der Waals surface area contributed by atoms with E-state index in [-0.39, 0.29) is 0 Å². The molecule has 0 aliphatic carbocycles. The zero-order valence-corrected chi connectivity index (χ0v) is 18.5. The van der Waals surface area contributed by atoms with Gasteiger partial charge in [0, 0.05) is 31.1 Å². The quantitative estimate of drug-likeness (QED) is 0.456. The number of likely N-dealkylation sites (N-methyl/N-ethyl adjacent to an activating group) is 1. The number of hydrogen-bond donors (Lipinski definition) is 5. The molecule has 2 atom stereocenters. The molecule has 0 radical (unpaired) electrons. The Morgan fingerprint density at radius 1 is 1.06 bits per heavy atom. The molecule has 3 heterocycles. The van der Waals surface area contributed by atoms with E-state index >= 15 is 0 Å². The van der Waals surface area contributed by atoms with E-state index in [4.69, 9.17) is 25.4 Å². The lowest BCUT2D eigenvalue weighted by atomic mass is 10.2. The van der Waals surface area contributed by atoms with E-state index in [1.54, 1.807) is 11.3 Å². The van der Waals surface area contributed by atoms with E-state index in [1.165, 1.54) is 15.4 Å². The Balaban J connectivity index is 0.000000247. The Morgan fingerprint density at radius 3 is 2.25 bits per heavy atom. The van der Waals surface area contributed by atoms with Crippen molar-refractivity contribution in [2.75, 3.05) is 38.5 Å². The van der Waals surface area contributed by atoms with E-state index < -0.39 is 24.1 Å². The molecule has 11 heteroatoms. The lowest BCUT2D eigenvalue weighted by Crippen LogP contribution is -2.47. The minimum Gasteiger partial charge on any atom is -0.479 e. The van der Waals surface area contributed by atoms with Crippen LogP contribution in [0.3, 0.4) is 0 Å². The molecule has 5 N–H and O–H groups in total. The molecule has 2 aromatic rings. The summed E-state index contributed by atoms with van der Waals surface area (Å²) in [6.07, 6.45) is -4.53. The van der Waals surface area contributed by atoms with Crippen molar-refractivity contribution in [2.45, 2.75) is 19.1 Å². The molecule has 1 fully saturated rings. The van der Waals surface area contributed by atoms with Crippen LogP contribution in [0.5, 0.6) is 0 Å². The van der Waals surface area contributed by atoms with Gasteiger partial charge in [0.15, 0.2) is 12.2 Å². The van der Waals surface area contributed by atoms with Gasteiger partial charge in [0.2, 0.25) is 0 Å². The smallest absolute Gasteiger partial charge is 0.335 e. The summed E-state index contributed by atoms with van der Waals surface area (Å²) in [6, 6.07) is 10.6. The van der Waals surface area contributed by atoms with Crippen molar-refractivity contribution in [2.24, 2.45) is 4.99 Å². The van der Waals surface area contributed by atoms with E-state index in [1.807, 2.05) is 0 Å². The zero-order valence-electron chi connectivity index (χ0n) is 17.7. The fraction of sp³-hybridized carbons (Fsp3) is 0.381. The summed E-state index contributed by atoms with van der Waals surface area (Å²) in [4.78, 5) is 30.7. The van der Waals surface area contributed by atoms with Crippen LogP contribution in [0.25, 0.3) is 0 Å². The van der Waals surface area contributed by atoms with Crippen molar-refractivity contribution in [3.05, 3.63) is 40.8 Å². The average molecular weight is 463 g/mol. The van der Waals surface area contributed by atoms with Crippen LogP contribution < -0.4 is 5.32 Å². The lowest BCUT2D eigenvalue weighted by molar-refractivity contribution is -0.165. The van der Waals surface area contributed by atoms with Gasteiger partial charge in [0.1, 0.15) is 10.8 Å².